The Hall–Kier alpha value is -1.42. The minimum absolute atomic E-state index is 0.129. The number of pyridine rings is 1. The molecule has 18 heavy (non-hydrogen) atoms. The third-order valence-corrected chi connectivity index (χ3v) is 3.52. The van der Waals surface area contributed by atoms with Gasteiger partial charge in [-0.1, -0.05) is 6.07 Å². The van der Waals surface area contributed by atoms with Crippen molar-refractivity contribution in [2.75, 3.05) is 6.54 Å². The van der Waals surface area contributed by atoms with Crippen LogP contribution in [0.5, 0.6) is 0 Å². The van der Waals surface area contributed by atoms with Crippen LogP contribution in [0, 0.1) is 0 Å². The van der Waals surface area contributed by atoms with E-state index >= 15 is 0 Å². The summed E-state index contributed by atoms with van der Waals surface area (Å²) in [5, 5.41) is 3.30. The third kappa shape index (κ3) is 2.38. The van der Waals surface area contributed by atoms with E-state index in [1.165, 1.54) is 0 Å². The van der Waals surface area contributed by atoms with Gasteiger partial charge in [-0.3, -0.25) is 9.78 Å². The molecule has 0 saturated carbocycles. The molecule has 1 aromatic rings. The lowest BCUT2D eigenvalue weighted by Crippen LogP contribution is -2.69. The van der Waals surface area contributed by atoms with Crippen molar-refractivity contribution in [2.24, 2.45) is 0 Å². The molecule has 0 spiro atoms. The number of hydrogen-bond acceptors (Lipinski definition) is 3. The summed E-state index contributed by atoms with van der Waals surface area (Å²) in [6.07, 6.45) is 1.76. The molecule has 0 unspecified atom stereocenters. The van der Waals surface area contributed by atoms with Crippen LogP contribution in [0.2, 0.25) is 0 Å². The lowest BCUT2D eigenvalue weighted by molar-refractivity contribution is -0.148. The summed E-state index contributed by atoms with van der Waals surface area (Å²) in [7, 11) is 0. The maximum absolute atomic E-state index is 12.5. The van der Waals surface area contributed by atoms with Crippen molar-refractivity contribution in [2.45, 2.75) is 45.3 Å². The quantitative estimate of drug-likeness (QED) is 0.863. The van der Waals surface area contributed by atoms with Gasteiger partial charge < -0.3 is 10.2 Å². The predicted octanol–water partition coefficient (Wildman–Crippen LogP) is 1.57. The number of rotatable bonds is 2. The van der Waals surface area contributed by atoms with Crippen LogP contribution in [-0.2, 0) is 11.3 Å². The van der Waals surface area contributed by atoms with Gasteiger partial charge >= 0.3 is 0 Å². The first-order valence-electron chi connectivity index (χ1n) is 6.30. The molecule has 0 atom stereocenters. The maximum atomic E-state index is 12.5. The van der Waals surface area contributed by atoms with Gasteiger partial charge in [-0.05, 0) is 39.8 Å². The first kappa shape index (κ1) is 13.0. The molecule has 1 saturated heterocycles. The number of amides is 1. The predicted molar refractivity (Wildman–Crippen MR) is 70.9 cm³/mol. The number of piperazine rings is 1. The summed E-state index contributed by atoms with van der Waals surface area (Å²) in [6, 6.07) is 5.80. The van der Waals surface area contributed by atoms with Gasteiger partial charge in [-0.15, -0.1) is 0 Å². The van der Waals surface area contributed by atoms with E-state index in [1.807, 2.05) is 36.9 Å². The molecule has 1 amide bonds. The smallest absolute Gasteiger partial charge is 0.243 e. The van der Waals surface area contributed by atoms with Gasteiger partial charge in [0.25, 0.3) is 0 Å². The van der Waals surface area contributed by atoms with Crippen LogP contribution in [0.1, 0.15) is 33.4 Å². The number of nitrogens with zero attached hydrogens (tertiary/aromatic N) is 2. The van der Waals surface area contributed by atoms with E-state index in [9.17, 15) is 4.79 Å². The van der Waals surface area contributed by atoms with Crippen LogP contribution in [0.25, 0.3) is 0 Å². The highest BCUT2D eigenvalue weighted by Gasteiger charge is 2.44. The molecular weight excluding hydrogens is 226 g/mol. The highest BCUT2D eigenvalue weighted by atomic mass is 16.2. The van der Waals surface area contributed by atoms with Gasteiger partial charge in [-0.2, -0.15) is 0 Å². The molecule has 4 heteroatoms. The van der Waals surface area contributed by atoms with Gasteiger partial charge in [0.05, 0.1) is 23.3 Å². The van der Waals surface area contributed by atoms with Crippen LogP contribution in [0.3, 0.4) is 0 Å². The van der Waals surface area contributed by atoms with Gasteiger partial charge in [-0.25, -0.2) is 0 Å². The second-order valence-electron chi connectivity index (χ2n) is 6.00. The van der Waals surface area contributed by atoms with Gasteiger partial charge in [0.2, 0.25) is 5.91 Å². The summed E-state index contributed by atoms with van der Waals surface area (Å²) < 4.78 is 0. The fraction of sp³-hybridized carbons (Fsp3) is 0.571. The van der Waals surface area contributed by atoms with Crippen LogP contribution in [0.15, 0.2) is 24.4 Å². The first-order chi connectivity index (χ1) is 8.33. The van der Waals surface area contributed by atoms with Gasteiger partial charge in [0.15, 0.2) is 0 Å². The molecule has 2 rings (SSSR count). The summed E-state index contributed by atoms with van der Waals surface area (Å²) in [5.74, 6) is 0.129. The monoisotopic (exact) mass is 247 g/mol. The Balaban J connectivity index is 2.25. The normalized spacial score (nSPS) is 22.0. The average Bonchev–Trinajstić information content (AvgIpc) is 2.33. The molecular formula is C14H21N3O. The summed E-state index contributed by atoms with van der Waals surface area (Å²) in [6.45, 7) is 9.37. The molecule has 98 valence electrons. The minimum atomic E-state index is -0.496. The topological polar surface area (TPSA) is 45.2 Å². The van der Waals surface area contributed by atoms with E-state index in [1.54, 1.807) is 6.20 Å². The van der Waals surface area contributed by atoms with Crippen molar-refractivity contribution in [3.8, 4) is 0 Å². The number of aromatic nitrogens is 1. The molecule has 0 radical (unpaired) electrons. The van der Waals surface area contributed by atoms with E-state index in [4.69, 9.17) is 0 Å². The number of carbonyl (C=O) groups excluding carboxylic acids is 1. The molecule has 1 aliphatic heterocycles. The summed E-state index contributed by atoms with van der Waals surface area (Å²) in [4.78, 5) is 18.7. The first-order valence-corrected chi connectivity index (χ1v) is 6.30. The van der Waals surface area contributed by atoms with Gasteiger partial charge in [0, 0.05) is 12.7 Å². The van der Waals surface area contributed by atoms with Crippen molar-refractivity contribution in [3.63, 3.8) is 0 Å². The van der Waals surface area contributed by atoms with E-state index in [0.717, 1.165) is 12.2 Å². The molecule has 0 bridgehead atoms. The maximum Gasteiger partial charge on any atom is 0.243 e. The zero-order valence-corrected chi connectivity index (χ0v) is 11.5. The Morgan fingerprint density at radius 3 is 2.67 bits per heavy atom. The Labute approximate surface area is 108 Å². The molecule has 4 nitrogen and oxygen atoms in total. The number of hydrogen-bond donors (Lipinski definition) is 1. The largest absolute Gasteiger partial charge is 0.329 e. The Morgan fingerprint density at radius 2 is 2.06 bits per heavy atom. The second-order valence-corrected chi connectivity index (χ2v) is 6.00. The molecule has 1 aliphatic rings. The van der Waals surface area contributed by atoms with Crippen molar-refractivity contribution in [1.82, 2.24) is 15.2 Å². The Kier molecular flexibility index (Phi) is 3.15. The fourth-order valence-electron chi connectivity index (χ4n) is 2.16. The Morgan fingerprint density at radius 1 is 1.33 bits per heavy atom. The highest BCUT2D eigenvalue weighted by molar-refractivity contribution is 5.87. The van der Waals surface area contributed by atoms with Crippen LogP contribution >= 0.6 is 0 Å². The third-order valence-electron chi connectivity index (χ3n) is 3.52. The molecule has 1 aromatic heterocycles. The summed E-state index contributed by atoms with van der Waals surface area (Å²) in [5.41, 5.74) is 0.241. The van der Waals surface area contributed by atoms with E-state index in [-0.39, 0.29) is 11.4 Å². The lowest BCUT2D eigenvalue weighted by Gasteiger charge is -2.48. The number of nitrogens with one attached hydrogen (secondary N) is 1. The zero-order chi connectivity index (χ0) is 13.4. The molecule has 0 aliphatic carbocycles. The van der Waals surface area contributed by atoms with E-state index in [0.29, 0.717) is 6.54 Å². The van der Waals surface area contributed by atoms with Crippen molar-refractivity contribution < 1.29 is 4.79 Å². The SMILES string of the molecule is CC1(C)NCC(C)(C)N(Cc2ccccn2)C1=O. The molecule has 2 heterocycles. The van der Waals surface area contributed by atoms with Crippen LogP contribution < -0.4 is 5.32 Å². The van der Waals surface area contributed by atoms with E-state index in [2.05, 4.69) is 24.1 Å². The zero-order valence-electron chi connectivity index (χ0n) is 11.5. The van der Waals surface area contributed by atoms with Crippen LogP contribution in [-0.4, -0.2) is 33.4 Å². The molecule has 1 N–H and O–H groups in total. The second kappa shape index (κ2) is 4.35. The Bertz CT molecular complexity index is 440. The fourth-order valence-corrected chi connectivity index (χ4v) is 2.16. The highest BCUT2D eigenvalue weighted by Crippen LogP contribution is 2.26. The standard InChI is InChI=1S/C14H21N3O/c1-13(2)10-16-14(3,4)12(18)17(13)9-11-7-5-6-8-15-11/h5-8,16H,9-10H2,1-4H3. The molecule has 0 aromatic carbocycles. The molecule has 1 fully saturated rings. The van der Waals surface area contributed by atoms with Crippen molar-refractivity contribution in [3.05, 3.63) is 30.1 Å². The van der Waals surface area contributed by atoms with Gasteiger partial charge in [0.1, 0.15) is 0 Å². The van der Waals surface area contributed by atoms with Crippen molar-refractivity contribution >= 4 is 5.91 Å². The van der Waals surface area contributed by atoms with Crippen LogP contribution in [0.4, 0.5) is 0 Å². The van der Waals surface area contributed by atoms with Crippen molar-refractivity contribution in [1.29, 1.82) is 0 Å². The average molecular weight is 247 g/mol. The lowest BCUT2D eigenvalue weighted by atomic mass is 9.90. The van der Waals surface area contributed by atoms with E-state index < -0.39 is 5.54 Å². The minimum Gasteiger partial charge on any atom is -0.329 e. The summed E-state index contributed by atoms with van der Waals surface area (Å²) >= 11 is 0. The number of carbonyl (C=O) groups is 1.